The van der Waals surface area contributed by atoms with Crippen molar-refractivity contribution in [3.8, 4) is 0 Å². The van der Waals surface area contributed by atoms with Gasteiger partial charge in [0, 0.05) is 26.3 Å². The molecule has 24 heavy (non-hydrogen) atoms. The standard InChI is InChI=1S/C16H22O8/c1-9(22-10(2)17)15(20)16(21)13(23-11(3)18)8-7-12-5-4-6-14(19)24-12/h4,6-9,12-13,15-16,20-21H,5H2,1-3H3. The van der Waals surface area contributed by atoms with E-state index in [0.717, 1.165) is 6.92 Å². The highest BCUT2D eigenvalue weighted by Gasteiger charge is 2.32. The summed E-state index contributed by atoms with van der Waals surface area (Å²) in [5.41, 5.74) is 0. The third kappa shape index (κ3) is 6.51. The Morgan fingerprint density at radius 1 is 1.25 bits per heavy atom. The summed E-state index contributed by atoms with van der Waals surface area (Å²) in [4.78, 5) is 33.3. The minimum absolute atomic E-state index is 0.442. The van der Waals surface area contributed by atoms with Gasteiger partial charge in [0.2, 0.25) is 0 Å². The molecule has 8 heteroatoms. The number of carbonyl (C=O) groups is 3. The lowest BCUT2D eigenvalue weighted by Crippen LogP contribution is -2.45. The van der Waals surface area contributed by atoms with E-state index in [-0.39, 0.29) is 0 Å². The van der Waals surface area contributed by atoms with Gasteiger partial charge in [-0.3, -0.25) is 9.59 Å². The number of ether oxygens (including phenoxy) is 3. The van der Waals surface area contributed by atoms with E-state index in [1.54, 1.807) is 6.08 Å². The molecule has 1 aliphatic rings. The molecule has 0 aromatic heterocycles. The van der Waals surface area contributed by atoms with Crippen LogP contribution in [0.3, 0.4) is 0 Å². The lowest BCUT2D eigenvalue weighted by molar-refractivity contribution is -0.167. The molecule has 0 aromatic rings. The minimum atomic E-state index is -1.53. The summed E-state index contributed by atoms with van der Waals surface area (Å²) < 4.78 is 14.8. The third-order valence-electron chi connectivity index (χ3n) is 3.23. The van der Waals surface area contributed by atoms with E-state index in [1.807, 2.05) is 0 Å². The van der Waals surface area contributed by atoms with Crippen molar-refractivity contribution in [3.63, 3.8) is 0 Å². The number of hydrogen-bond donors (Lipinski definition) is 2. The quantitative estimate of drug-likeness (QED) is 0.377. The van der Waals surface area contributed by atoms with Gasteiger partial charge in [-0.2, -0.15) is 0 Å². The smallest absolute Gasteiger partial charge is 0.331 e. The molecule has 5 atom stereocenters. The Kier molecular flexibility index (Phi) is 7.60. The van der Waals surface area contributed by atoms with E-state index in [4.69, 9.17) is 14.2 Å². The molecule has 0 bridgehead atoms. The Balaban J connectivity index is 2.79. The fourth-order valence-corrected chi connectivity index (χ4v) is 2.10. The first-order chi connectivity index (χ1) is 11.2. The van der Waals surface area contributed by atoms with E-state index in [0.29, 0.717) is 6.42 Å². The summed E-state index contributed by atoms with van der Waals surface area (Å²) in [7, 11) is 0. The summed E-state index contributed by atoms with van der Waals surface area (Å²) in [5.74, 6) is -1.78. The lowest BCUT2D eigenvalue weighted by atomic mass is 10.0. The molecule has 0 saturated heterocycles. The van der Waals surface area contributed by atoms with E-state index in [2.05, 4.69) is 0 Å². The van der Waals surface area contributed by atoms with Gasteiger partial charge in [-0.15, -0.1) is 0 Å². The van der Waals surface area contributed by atoms with Gasteiger partial charge in [-0.1, -0.05) is 6.08 Å². The Morgan fingerprint density at radius 2 is 1.88 bits per heavy atom. The van der Waals surface area contributed by atoms with Crippen LogP contribution in [0.4, 0.5) is 0 Å². The fourth-order valence-electron chi connectivity index (χ4n) is 2.10. The summed E-state index contributed by atoms with van der Waals surface area (Å²) in [5, 5.41) is 20.2. The van der Waals surface area contributed by atoms with Crippen molar-refractivity contribution < 1.29 is 38.8 Å². The Bertz CT molecular complexity index is 524. The monoisotopic (exact) mass is 342 g/mol. The molecule has 0 aromatic carbocycles. The van der Waals surface area contributed by atoms with Crippen LogP contribution in [-0.2, 0) is 28.6 Å². The first-order valence-corrected chi connectivity index (χ1v) is 7.46. The van der Waals surface area contributed by atoms with Gasteiger partial charge in [0.15, 0.2) is 0 Å². The van der Waals surface area contributed by atoms with Crippen LogP contribution in [0.25, 0.3) is 0 Å². The van der Waals surface area contributed by atoms with Crippen molar-refractivity contribution in [2.24, 2.45) is 0 Å². The Hall–Kier alpha value is -2.19. The van der Waals surface area contributed by atoms with E-state index in [1.165, 1.54) is 32.1 Å². The van der Waals surface area contributed by atoms with Crippen LogP contribution in [0.5, 0.6) is 0 Å². The summed E-state index contributed by atoms with van der Waals surface area (Å²) in [6, 6.07) is 0. The molecule has 0 amide bonds. The van der Waals surface area contributed by atoms with Gasteiger partial charge in [0.25, 0.3) is 0 Å². The third-order valence-corrected chi connectivity index (χ3v) is 3.23. The normalized spacial score (nSPS) is 22.4. The van der Waals surface area contributed by atoms with E-state index < -0.39 is 48.4 Å². The van der Waals surface area contributed by atoms with Crippen LogP contribution < -0.4 is 0 Å². The average Bonchev–Trinajstić information content (AvgIpc) is 2.49. The molecule has 0 radical (unpaired) electrons. The number of carbonyl (C=O) groups excluding carboxylic acids is 3. The summed E-state index contributed by atoms with van der Waals surface area (Å²) in [6.07, 6.45) is 0.399. The maximum atomic E-state index is 11.2. The fraction of sp³-hybridized carbons (Fsp3) is 0.562. The van der Waals surface area contributed by atoms with Gasteiger partial charge in [-0.05, 0) is 19.1 Å². The Labute approximate surface area is 139 Å². The first-order valence-electron chi connectivity index (χ1n) is 7.46. The minimum Gasteiger partial charge on any atom is -0.460 e. The van der Waals surface area contributed by atoms with Crippen LogP contribution in [-0.4, -0.2) is 58.6 Å². The van der Waals surface area contributed by atoms with E-state index >= 15 is 0 Å². The molecule has 1 rings (SSSR count). The Morgan fingerprint density at radius 3 is 2.42 bits per heavy atom. The molecule has 0 fully saturated rings. The molecule has 0 spiro atoms. The van der Waals surface area contributed by atoms with Crippen molar-refractivity contribution in [2.75, 3.05) is 0 Å². The zero-order valence-electron chi connectivity index (χ0n) is 13.7. The van der Waals surface area contributed by atoms with Crippen LogP contribution >= 0.6 is 0 Å². The largest absolute Gasteiger partial charge is 0.460 e. The van der Waals surface area contributed by atoms with Gasteiger partial charge < -0.3 is 24.4 Å². The van der Waals surface area contributed by atoms with Crippen molar-refractivity contribution in [3.05, 3.63) is 24.3 Å². The van der Waals surface area contributed by atoms with Gasteiger partial charge in [-0.25, -0.2) is 4.79 Å². The van der Waals surface area contributed by atoms with Gasteiger partial charge in [0.1, 0.15) is 30.5 Å². The number of esters is 3. The SMILES string of the molecule is CC(=O)OC(C)C(O)C(O)C(C=CC1CC=CC(=O)O1)OC(C)=O. The van der Waals surface area contributed by atoms with Gasteiger partial charge in [0.05, 0.1) is 0 Å². The number of cyclic esters (lactones) is 1. The predicted octanol–water partition coefficient (Wildman–Crippen LogP) is 0.0194. The molecule has 134 valence electrons. The second kappa shape index (κ2) is 9.19. The second-order valence-electron chi connectivity index (χ2n) is 5.37. The van der Waals surface area contributed by atoms with Crippen molar-refractivity contribution >= 4 is 17.9 Å². The molecule has 8 nitrogen and oxygen atoms in total. The molecule has 0 saturated carbocycles. The highest BCUT2D eigenvalue weighted by Crippen LogP contribution is 2.15. The molecule has 1 aliphatic heterocycles. The highest BCUT2D eigenvalue weighted by atomic mass is 16.6. The first kappa shape index (κ1) is 19.9. The van der Waals surface area contributed by atoms with Crippen LogP contribution in [0.2, 0.25) is 0 Å². The maximum Gasteiger partial charge on any atom is 0.331 e. The zero-order chi connectivity index (χ0) is 18.3. The highest BCUT2D eigenvalue weighted by molar-refractivity contribution is 5.82. The predicted molar refractivity (Wildman–Crippen MR) is 81.6 cm³/mol. The molecular formula is C16H22O8. The molecule has 2 N–H and O–H groups in total. The molecular weight excluding hydrogens is 320 g/mol. The topological polar surface area (TPSA) is 119 Å². The number of aliphatic hydroxyl groups is 2. The molecule has 1 heterocycles. The summed E-state index contributed by atoms with van der Waals surface area (Å²) in [6.45, 7) is 3.72. The van der Waals surface area contributed by atoms with Crippen molar-refractivity contribution in [1.82, 2.24) is 0 Å². The molecule has 0 aliphatic carbocycles. The van der Waals surface area contributed by atoms with Crippen LogP contribution in [0.15, 0.2) is 24.3 Å². The number of rotatable bonds is 7. The maximum absolute atomic E-state index is 11.2. The lowest BCUT2D eigenvalue weighted by Gasteiger charge is -2.28. The van der Waals surface area contributed by atoms with Crippen molar-refractivity contribution in [1.29, 1.82) is 0 Å². The summed E-state index contributed by atoms with van der Waals surface area (Å²) >= 11 is 0. The second-order valence-corrected chi connectivity index (χ2v) is 5.37. The van der Waals surface area contributed by atoms with E-state index in [9.17, 15) is 24.6 Å². The molecule has 5 unspecified atom stereocenters. The zero-order valence-corrected chi connectivity index (χ0v) is 13.7. The van der Waals surface area contributed by atoms with Crippen LogP contribution in [0, 0.1) is 0 Å². The van der Waals surface area contributed by atoms with Crippen LogP contribution in [0.1, 0.15) is 27.2 Å². The van der Waals surface area contributed by atoms with Gasteiger partial charge >= 0.3 is 17.9 Å². The van der Waals surface area contributed by atoms with Crippen molar-refractivity contribution in [2.45, 2.75) is 57.7 Å². The number of aliphatic hydroxyl groups excluding tert-OH is 2. The number of hydrogen-bond acceptors (Lipinski definition) is 8. The average molecular weight is 342 g/mol.